The number of hydrogen-bond donors (Lipinski definition) is 0. The maximum absolute atomic E-state index is 6.08. The van der Waals surface area contributed by atoms with E-state index in [1.54, 1.807) is 17.1 Å². The standard InChI is InChI=1S/C14H19ClN6/c1-2-6-11-7-3-4-9-20(11)13-17-12(15)18-14(19-13)21-10-5-8-16-21/h5,8,10-11H,2-4,6-7,9H2,1H3. The molecule has 1 aliphatic heterocycles. The summed E-state index contributed by atoms with van der Waals surface area (Å²) in [5, 5.41) is 4.37. The van der Waals surface area contributed by atoms with E-state index in [1.165, 1.54) is 19.3 Å². The minimum Gasteiger partial charge on any atom is -0.338 e. The molecule has 0 N–H and O–H groups in total. The molecule has 0 spiro atoms. The number of rotatable bonds is 4. The number of hydrogen-bond acceptors (Lipinski definition) is 5. The zero-order chi connectivity index (χ0) is 14.7. The van der Waals surface area contributed by atoms with E-state index in [9.17, 15) is 0 Å². The highest BCUT2D eigenvalue weighted by atomic mass is 35.5. The maximum atomic E-state index is 6.08. The molecule has 112 valence electrons. The lowest BCUT2D eigenvalue weighted by Crippen LogP contribution is -2.40. The van der Waals surface area contributed by atoms with Gasteiger partial charge in [-0.05, 0) is 43.4 Å². The molecule has 1 fully saturated rings. The van der Waals surface area contributed by atoms with Crippen LogP contribution < -0.4 is 4.90 Å². The van der Waals surface area contributed by atoms with Crippen molar-refractivity contribution >= 4 is 17.5 Å². The van der Waals surface area contributed by atoms with E-state index in [4.69, 9.17) is 11.6 Å². The lowest BCUT2D eigenvalue weighted by molar-refractivity contribution is 0.428. The van der Waals surface area contributed by atoms with Crippen molar-refractivity contribution in [1.29, 1.82) is 0 Å². The highest BCUT2D eigenvalue weighted by Crippen LogP contribution is 2.25. The van der Waals surface area contributed by atoms with Gasteiger partial charge in [-0.3, -0.25) is 0 Å². The summed E-state index contributed by atoms with van der Waals surface area (Å²) in [5.74, 6) is 1.13. The molecule has 1 saturated heterocycles. The SMILES string of the molecule is CCCC1CCCCN1c1nc(Cl)nc(-n2cccn2)n1. The Balaban J connectivity index is 1.93. The lowest BCUT2D eigenvalue weighted by atomic mass is 9.99. The van der Waals surface area contributed by atoms with Gasteiger partial charge in [0.25, 0.3) is 5.95 Å². The van der Waals surface area contributed by atoms with E-state index in [0.29, 0.717) is 17.9 Å². The number of halogens is 1. The second-order valence-electron chi connectivity index (χ2n) is 5.29. The van der Waals surface area contributed by atoms with Crippen molar-refractivity contribution in [3.63, 3.8) is 0 Å². The number of nitrogens with zero attached hydrogens (tertiary/aromatic N) is 6. The van der Waals surface area contributed by atoms with Crippen molar-refractivity contribution in [1.82, 2.24) is 24.7 Å². The smallest absolute Gasteiger partial charge is 0.256 e. The summed E-state index contributed by atoms with van der Waals surface area (Å²) < 4.78 is 1.61. The molecule has 0 amide bonds. The number of piperidine rings is 1. The van der Waals surface area contributed by atoms with Crippen LogP contribution in [0.2, 0.25) is 5.28 Å². The largest absolute Gasteiger partial charge is 0.338 e. The molecule has 0 bridgehead atoms. The molecule has 2 aromatic heterocycles. The Labute approximate surface area is 129 Å². The quantitative estimate of drug-likeness (QED) is 0.869. The predicted molar refractivity (Wildman–Crippen MR) is 81.9 cm³/mol. The van der Waals surface area contributed by atoms with Crippen molar-refractivity contribution < 1.29 is 0 Å². The average molecular weight is 307 g/mol. The van der Waals surface area contributed by atoms with E-state index in [-0.39, 0.29) is 5.28 Å². The summed E-state index contributed by atoms with van der Waals surface area (Å²) in [4.78, 5) is 15.3. The second-order valence-corrected chi connectivity index (χ2v) is 5.62. The van der Waals surface area contributed by atoms with Crippen molar-refractivity contribution in [3.05, 3.63) is 23.7 Å². The minimum atomic E-state index is 0.214. The Morgan fingerprint density at radius 1 is 1.24 bits per heavy atom. The molecule has 1 unspecified atom stereocenters. The van der Waals surface area contributed by atoms with Gasteiger partial charge >= 0.3 is 0 Å². The third kappa shape index (κ3) is 3.15. The topological polar surface area (TPSA) is 59.7 Å². The molecule has 0 radical (unpaired) electrons. The first kappa shape index (κ1) is 14.3. The molecule has 6 nitrogen and oxygen atoms in total. The molecular weight excluding hydrogens is 288 g/mol. The normalized spacial score (nSPS) is 19.0. The van der Waals surface area contributed by atoms with Crippen molar-refractivity contribution in [2.24, 2.45) is 0 Å². The summed E-state index contributed by atoms with van der Waals surface area (Å²) in [6.07, 6.45) is 9.43. The molecule has 0 aromatic carbocycles. The van der Waals surface area contributed by atoms with E-state index in [1.807, 2.05) is 6.07 Å². The minimum absolute atomic E-state index is 0.214. The fourth-order valence-corrected chi connectivity index (χ4v) is 3.00. The van der Waals surface area contributed by atoms with Crippen LogP contribution in [-0.4, -0.2) is 37.3 Å². The zero-order valence-electron chi connectivity index (χ0n) is 12.1. The van der Waals surface area contributed by atoms with Gasteiger partial charge in [-0.1, -0.05) is 13.3 Å². The second kappa shape index (κ2) is 6.39. The average Bonchev–Trinajstić information content (AvgIpc) is 3.02. The van der Waals surface area contributed by atoms with Crippen LogP contribution in [0.3, 0.4) is 0 Å². The van der Waals surface area contributed by atoms with Gasteiger partial charge in [-0.25, -0.2) is 4.68 Å². The van der Waals surface area contributed by atoms with Crippen LogP contribution in [0.5, 0.6) is 0 Å². The van der Waals surface area contributed by atoms with Crippen LogP contribution in [0.25, 0.3) is 5.95 Å². The van der Waals surface area contributed by atoms with Gasteiger partial charge in [-0.2, -0.15) is 20.1 Å². The summed E-state index contributed by atoms with van der Waals surface area (Å²) >= 11 is 6.08. The molecule has 0 aliphatic carbocycles. The first-order valence-corrected chi connectivity index (χ1v) is 7.84. The van der Waals surface area contributed by atoms with E-state index < -0.39 is 0 Å². The fourth-order valence-electron chi connectivity index (χ4n) is 2.84. The third-order valence-electron chi connectivity index (χ3n) is 3.80. The Kier molecular flexibility index (Phi) is 4.34. The van der Waals surface area contributed by atoms with Gasteiger partial charge in [0.05, 0.1) is 0 Å². The Morgan fingerprint density at radius 3 is 2.86 bits per heavy atom. The molecule has 2 aromatic rings. The van der Waals surface area contributed by atoms with E-state index in [2.05, 4.69) is 31.9 Å². The fraction of sp³-hybridized carbons (Fsp3) is 0.571. The molecule has 3 heterocycles. The van der Waals surface area contributed by atoms with Gasteiger partial charge in [0.2, 0.25) is 11.2 Å². The van der Waals surface area contributed by atoms with Gasteiger partial charge in [0.1, 0.15) is 0 Å². The zero-order valence-corrected chi connectivity index (χ0v) is 12.9. The van der Waals surface area contributed by atoms with E-state index in [0.717, 1.165) is 19.4 Å². The summed E-state index contributed by atoms with van der Waals surface area (Å²) in [6.45, 7) is 3.19. The monoisotopic (exact) mass is 306 g/mol. The van der Waals surface area contributed by atoms with Crippen LogP contribution in [0.1, 0.15) is 39.0 Å². The highest BCUT2D eigenvalue weighted by Gasteiger charge is 2.25. The van der Waals surface area contributed by atoms with E-state index >= 15 is 0 Å². The predicted octanol–water partition coefficient (Wildman–Crippen LogP) is 2.87. The Bertz CT molecular complexity index is 583. The molecule has 1 aliphatic rings. The molecule has 7 heteroatoms. The van der Waals surface area contributed by atoms with Gasteiger partial charge in [0, 0.05) is 25.0 Å². The van der Waals surface area contributed by atoms with Gasteiger partial charge in [-0.15, -0.1) is 0 Å². The molecule has 1 atom stereocenters. The lowest BCUT2D eigenvalue weighted by Gasteiger charge is -2.35. The molecule has 21 heavy (non-hydrogen) atoms. The van der Waals surface area contributed by atoms with Crippen molar-refractivity contribution in [2.45, 2.75) is 45.1 Å². The third-order valence-corrected chi connectivity index (χ3v) is 3.97. The van der Waals surface area contributed by atoms with Gasteiger partial charge < -0.3 is 4.90 Å². The van der Waals surface area contributed by atoms with Gasteiger partial charge in [0.15, 0.2) is 0 Å². The number of aromatic nitrogens is 5. The summed E-state index contributed by atoms with van der Waals surface area (Å²) in [5.41, 5.74) is 0. The number of anilines is 1. The van der Waals surface area contributed by atoms with Crippen molar-refractivity contribution in [3.8, 4) is 5.95 Å². The first-order valence-electron chi connectivity index (χ1n) is 7.46. The molecule has 0 saturated carbocycles. The van der Waals surface area contributed by atoms with Crippen LogP contribution >= 0.6 is 11.6 Å². The summed E-state index contributed by atoms with van der Waals surface area (Å²) in [6, 6.07) is 2.32. The first-order chi connectivity index (χ1) is 10.3. The Morgan fingerprint density at radius 2 is 2.10 bits per heavy atom. The maximum Gasteiger partial charge on any atom is 0.256 e. The van der Waals surface area contributed by atoms with Crippen molar-refractivity contribution in [2.75, 3.05) is 11.4 Å². The van der Waals surface area contributed by atoms with Crippen LogP contribution in [-0.2, 0) is 0 Å². The molecule has 3 rings (SSSR count). The van der Waals surface area contributed by atoms with Crippen LogP contribution in [0.4, 0.5) is 5.95 Å². The van der Waals surface area contributed by atoms with Crippen LogP contribution in [0, 0.1) is 0 Å². The summed E-state index contributed by atoms with van der Waals surface area (Å²) in [7, 11) is 0. The molecular formula is C14H19ClN6. The highest BCUT2D eigenvalue weighted by molar-refractivity contribution is 6.28. The van der Waals surface area contributed by atoms with Crippen LogP contribution in [0.15, 0.2) is 18.5 Å². The Hall–Kier alpha value is -1.69.